The predicted octanol–water partition coefficient (Wildman–Crippen LogP) is 3.73. The zero-order valence-electron chi connectivity index (χ0n) is 19.2. The fraction of sp³-hybridized carbons (Fsp3) is 0.480. The summed E-state index contributed by atoms with van der Waals surface area (Å²) in [5, 5.41) is 9.14. The summed E-state index contributed by atoms with van der Waals surface area (Å²) < 4.78 is 35.8. The second-order valence-corrected chi connectivity index (χ2v) is 11.2. The third-order valence-corrected chi connectivity index (χ3v) is 8.49. The Morgan fingerprint density at radius 2 is 1.79 bits per heavy atom. The van der Waals surface area contributed by atoms with Crippen LogP contribution in [0.15, 0.2) is 53.4 Å². The molecule has 0 bridgehead atoms. The van der Waals surface area contributed by atoms with Gasteiger partial charge in [-0.2, -0.15) is 0 Å². The summed E-state index contributed by atoms with van der Waals surface area (Å²) in [5.74, 6) is 0.258. The molecular weight excluding hydrogens is 442 g/mol. The summed E-state index contributed by atoms with van der Waals surface area (Å²) in [5.41, 5.74) is 4.15. The molecule has 1 aliphatic rings. The quantitative estimate of drug-likeness (QED) is 0.308. The van der Waals surface area contributed by atoms with E-state index in [2.05, 4.69) is 38.1 Å². The minimum absolute atomic E-state index is 0.0155. The molecule has 1 fully saturated rings. The lowest BCUT2D eigenvalue weighted by molar-refractivity contribution is -0.134. The average molecular weight is 476 g/mol. The van der Waals surface area contributed by atoms with Gasteiger partial charge in [0.05, 0.1) is 11.5 Å². The molecule has 3 rings (SSSR count). The number of aryl methyl sites for hydroxylation is 1. The molecule has 0 aliphatic carbocycles. The van der Waals surface area contributed by atoms with Gasteiger partial charge in [-0.05, 0) is 73.4 Å². The number of amides is 1. The maximum absolute atomic E-state index is 13.3. The molecule has 0 aromatic heterocycles. The van der Waals surface area contributed by atoms with Crippen molar-refractivity contribution in [2.45, 2.75) is 55.6 Å². The van der Waals surface area contributed by atoms with Gasteiger partial charge in [0.15, 0.2) is 14.6 Å². The first-order valence-electron chi connectivity index (χ1n) is 11.4. The highest BCUT2D eigenvalue weighted by Crippen LogP contribution is 2.35. The number of rotatable bonds is 10. The number of sulfone groups is 1. The van der Waals surface area contributed by atoms with Gasteiger partial charge in [-0.1, -0.05) is 38.1 Å². The predicted molar refractivity (Wildman–Crippen MR) is 125 cm³/mol. The largest absolute Gasteiger partial charge is 0.494 e. The van der Waals surface area contributed by atoms with Crippen LogP contribution in [0.4, 0.5) is 0 Å². The van der Waals surface area contributed by atoms with Crippen molar-refractivity contribution < 1.29 is 27.9 Å². The van der Waals surface area contributed by atoms with E-state index in [1.807, 2.05) is 0 Å². The molecule has 0 atom stereocenters. The number of carbonyl (C=O) groups is 1. The molecule has 0 radical (unpaired) electrons. The Morgan fingerprint density at radius 3 is 2.42 bits per heavy atom. The zero-order chi connectivity index (χ0) is 23.9. The van der Waals surface area contributed by atoms with Gasteiger partial charge in [0, 0.05) is 13.2 Å². The summed E-state index contributed by atoms with van der Waals surface area (Å²) in [6.45, 7) is 5.20. The SMILES string of the molecule is CC(C)Cc1cccc(CCCOc2ccc(S(=O)(=O)C3(C(=O)NO)CCOCC3)cc2)c1. The maximum Gasteiger partial charge on any atom is 0.265 e. The summed E-state index contributed by atoms with van der Waals surface area (Å²) >= 11 is 0. The molecule has 180 valence electrons. The Hall–Kier alpha value is -2.42. The third-order valence-electron chi connectivity index (χ3n) is 5.98. The van der Waals surface area contributed by atoms with Crippen molar-refractivity contribution in [1.29, 1.82) is 0 Å². The Bertz CT molecular complexity index is 1030. The Balaban J connectivity index is 1.59. The van der Waals surface area contributed by atoms with Crippen LogP contribution >= 0.6 is 0 Å². The highest BCUT2D eigenvalue weighted by Gasteiger charge is 2.52. The normalized spacial score (nSPS) is 15.9. The monoisotopic (exact) mass is 475 g/mol. The van der Waals surface area contributed by atoms with Crippen molar-refractivity contribution in [3.05, 3.63) is 59.7 Å². The lowest BCUT2D eigenvalue weighted by atomic mass is 9.98. The van der Waals surface area contributed by atoms with Crippen molar-refractivity contribution in [1.82, 2.24) is 5.48 Å². The third kappa shape index (κ3) is 5.93. The highest BCUT2D eigenvalue weighted by molar-refractivity contribution is 7.93. The lowest BCUT2D eigenvalue weighted by Gasteiger charge is -2.34. The molecule has 8 heteroatoms. The standard InChI is InChI=1S/C25H33NO6S/c1-19(2)17-21-6-3-5-20(18-21)7-4-14-32-22-8-10-23(11-9-22)33(29,30)25(24(27)26-28)12-15-31-16-13-25/h3,5-6,8-11,18-19,28H,4,7,12-17H2,1-2H3,(H,26,27). The van der Waals surface area contributed by atoms with Crippen LogP contribution in [0.1, 0.15) is 44.2 Å². The van der Waals surface area contributed by atoms with Crippen LogP contribution in [0.5, 0.6) is 5.75 Å². The summed E-state index contributed by atoms with van der Waals surface area (Å²) in [4.78, 5) is 12.3. The van der Waals surface area contributed by atoms with Gasteiger partial charge < -0.3 is 9.47 Å². The van der Waals surface area contributed by atoms with Gasteiger partial charge in [0.2, 0.25) is 0 Å². The van der Waals surface area contributed by atoms with Gasteiger partial charge in [-0.3, -0.25) is 10.0 Å². The summed E-state index contributed by atoms with van der Waals surface area (Å²) in [6.07, 6.45) is 2.77. The van der Waals surface area contributed by atoms with E-state index >= 15 is 0 Å². The van der Waals surface area contributed by atoms with Crippen LogP contribution in [0.2, 0.25) is 0 Å². The van der Waals surface area contributed by atoms with Crippen molar-refractivity contribution in [3.63, 3.8) is 0 Å². The molecule has 7 nitrogen and oxygen atoms in total. The Morgan fingerprint density at radius 1 is 1.12 bits per heavy atom. The van der Waals surface area contributed by atoms with Crippen molar-refractivity contribution >= 4 is 15.7 Å². The second-order valence-electron chi connectivity index (χ2n) is 8.89. The number of nitrogens with one attached hydrogen (secondary N) is 1. The maximum atomic E-state index is 13.3. The minimum Gasteiger partial charge on any atom is -0.494 e. The fourth-order valence-electron chi connectivity index (χ4n) is 4.21. The lowest BCUT2D eigenvalue weighted by Crippen LogP contribution is -2.54. The molecule has 0 spiro atoms. The van der Waals surface area contributed by atoms with Gasteiger partial charge in [0.25, 0.3) is 5.91 Å². The van der Waals surface area contributed by atoms with E-state index in [0.29, 0.717) is 18.3 Å². The van der Waals surface area contributed by atoms with Gasteiger partial charge >= 0.3 is 0 Å². The smallest absolute Gasteiger partial charge is 0.265 e. The number of carbonyl (C=O) groups excluding carboxylic acids is 1. The molecule has 2 aromatic carbocycles. The van der Waals surface area contributed by atoms with Gasteiger partial charge in [-0.15, -0.1) is 0 Å². The number of benzene rings is 2. The second kappa shape index (κ2) is 11.1. The van der Waals surface area contributed by atoms with Crippen LogP contribution in [0, 0.1) is 5.92 Å². The molecule has 1 aliphatic heterocycles. The molecule has 0 unspecified atom stereocenters. The molecule has 0 saturated carbocycles. The fourth-order valence-corrected chi connectivity index (χ4v) is 6.15. The van der Waals surface area contributed by atoms with Crippen LogP contribution in [0.3, 0.4) is 0 Å². The van der Waals surface area contributed by atoms with Gasteiger partial charge in [0.1, 0.15) is 5.75 Å². The Kier molecular flexibility index (Phi) is 8.51. The van der Waals surface area contributed by atoms with E-state index in [-0.39, 0.29) is 31.0 Å². The first kappa shape index (κ1) is 25.2. The number of hydrogen-bond acceptors (Lipinski definition) is 6. The first-order valence-corrected chi connectivity index (χ1v) is 12.8. The van der Waals surface area contributed by atoms with Crippen LogP contribution in [0.25, 0.3) is 0 Å². The topological polar surface area (TPSA) is 102 Å². The molecule has 1 amide bonds. The molecular formula is C25H33NO6S. The van der Waals surface area contributed by atoms with E-state index in [1.54, 1.807) is 12.1 Å². The highest BCUT2D eigenvalue weighted by atomic mass is 32.2. The molecule has 33 heavy (non-hydrogen) atoms. The Labute approximate surface area is 196 Å². The van der Waals surface area contributed by atoms with Gasteiger partial charge in [-0.25, -0.2) is 13.9 Å². The number of hydrogen-bond donors (Lipinski definition) is 2. The number of hydroxylamine groups is 1. The first-order chi connectivity index (χ1) is 15.8. The van der Waals surface area contributed by atoms with Crippen LogP contribution in [-0.2, 0) is 32.2 Å². The average Bonchev–Trinajstić information content (AvgIpc) is 2.82. The van der Waals surface area contributed by atoms with Crippen LogP contribution < -0.4 is 10.2 Å². The van der Waals surface area contributed by atoms with E-state index in [9.17, 15) is 13.2 Å². The molecule has 2 N–H and O–H groups in total. The number of ether oxygens (including phenoxy) is 2. The van der Waals surface area contributed by atoms with E-state index in [1.165, 1.54) is 28.7 Å². The van der Waals surface area contributed by atoms with Crippen molar-refractivity contribution in [2.24, 2.45) is 5.92 Å². The van der Waals surface area contributed by atoms with E-state index in [0.717, 1.165) is 19.3 Å². The van der Waals surface area contributed by atoms with Crippen molar-refractivity contribution in [2.75, 3.05) is 19.8 Å². The van der Waals surface area contributed by atoms with Crippen LogP contribution in [-0.4, -0.2) is 44.1 Å². The zero-order valence-corrected chi connectivity index (χ0v) is 20.1. The minimum atomic E-state index is -4.03. The summed E-state index contributed by atoms with van der Waals surface area (Å²) in [7, 11) is -4.03. The van der Waals surface area contributed by atoms with Crippen molar-refractivity contribution in [3.8, 4) is 5.75 Å². The summed E-state index contributed by atoms with van der Waals surface area (Å²) in [6, 6.07) is 14.7. The van der Waals surface area contributed by atoms with E-state index in [4.69, 9.17) is 14.7 Å². The molecule has 2 aromatic rings. The van der Waals surface area contributed by atoms with E-state index < -0.39 is 20.5 Å². The molecule has 1 saturated heterocycles. The molecule has 1 heterocycles.